The van der Waals surface area contributed by atoms with Crippen LogP contribution < -0.4 is 5.32 Å². The molecule has 0 aromatic carbocycles. The van der Waals surface area contributed by atoms with Crippen molar-refractivity contribution in [1.82, 2.24) is 5.32 Å². The van der Waals surface area contributed by atoms with Crippen LogP contribution in [0.2, 0.25) is 0 Å². The van der Waals surface area contributed by atoms with Gasteiger partial charge in [0, 0.05) is 14.6 Å². The second-order valence-electron chi connectivity index (χ2n) is 5.26. The molecule has 0 fully saturated rings. The summed E-state index contributed by atoms with van der Waals surface area (Å²) in [4.78, 5) is 11.4. The van der Waals surface area contributed by atoms with Gasteiger partial charge in [-0.3, -0.25) is 4.79 Å². The maximum absolute atomic E-state index is 11.4. The number of ether oxygens (including phenoxy) is 2. The van der Waals surface area contributed by atoms with Crippen LogP contribution in [0.15, 0.2) is 0 Å². The van der Waals surface area contributed by atoms with E-state index in [1.54, 1.807) is 0 Å². The zero-order valence-corrected chi connectivity index (χ0v) is 12.9. The highest BCUT2D eigenvalue weighted by molar-refractivity contribution is 5.77. The highest BCUT2D eigenvalue weighted by Gasteiger charge is 2.01. The summed E-state index contributed by atoms with van der Waals surface area (Å²) in [6, 6.07) is 0. The topological polar surface area (TPSA) is 47.6 Å². The molecule has 0 aliphatic carbocycles. The van der Waals surface area contributed by atoms with Gasteiger partial charge in [0.05, 0.1) is 13.2 Å². The standard InChI is InChI=1S/C15H31NO3.H2/c1-4-5-6-10-18-11-12-19-13-15(17)16-9-7-8-14(2)3;/h14H,4-13H2,1-3H3,(H,16,17);1H. The van der Waals surface area contributed by atoms with Gasteiger partial charge in [-0.15, -0.1) is 0 Å². The quantitative estimate of drug-likeness (QED) is 0.526. The molecule has 1 N–H and O–H groups in total. The Balaban J connectivity index is 0. The Morgan fingerprint density at radius 1 is 1.11 bits per heavy atom. The summed E-state index contributed by atoms with van der Waals surface area (Å²) >= 11 is 0. The monoisotopic (exact) mass is 275 g/mol. The van der Waals surface area contributed by atoms with Gasteiger partial charge in [0.15, 0.2) is 0 Å². The first-order chi connectivity index (χ1) is 9.16. The number of nitrogens with one attached hydrogen (secondary N) is 1. The van der Waals surface area contributed by atoms with Crippen LogP contribution in [0.4, 0.5) is 0 Å². The number of carbonyl (C=O) groups excluding carboxylic acids is 1. The molecule has 0 rings (SSSR count). The lowest BCUT2D eigenvalue weighted by atomic mass is 10.1. The van der Waals surface area contributed by atoms with Crippen molar-refractivity contribution >= 4 is 5.91 Å². The van der Waals surface area contributed by atoms with E-state index in [9.17, 15) is 4.79 Å². The lowest BCUT2D eigenvalue weighted by Gasteiger charge is -2.08. The van der Waals surface area contributed by atoms with Crippen LogP contribution in [-0.2, 0) is 14.3 Å². The van der Waals surface area contributed by atoms with Gasteiger partial charge in [0.2, 0.25) is 5.91 Å². The molecule has 0 saturated heterocycles. The second-order valence-corrected chi connectivity index (χ2v) is 5.26. The molecule has 1 amide bonds. The smallest absolute Gasteiger partial charge is 0.245 e. The van der Waals surface area contributed by atoms with E-state index in [0.717, 1.165) is 32.4 Å². The van der Waals surface area contributed by atoms with Gasteiger partial charge in [-0.25, -0.2) is 0 Å². The van der Waals surface area contributed by atoms with Crippen molar-refractivity contribution in [3.05, 3.63) is 0 Å². The van der Waals surface area contributed by atoms with Gasteiger partial charge in [-0.05, 0) is 25.2 Å². The number of amides is 1. The van der Waals surface area contributed by atoms with Gasteiger partial charge in [-0.1, -0.05) is 33.6 Å². The molecule has 0 heterocycles. The summed E-state index contributed by atoms with van der Waals surface area (Å²) in [6.07, 6.45) is 5.69. The number of carbonyl (C=O) groups is 1. The van der Waals surface area contributed by atoms with E-state index in [1.165, 1.54) is 12.8 Å². The van der Waals surface area contributed by atoms with E-state index < -0.39 is 0 Å². The molecule has 0 atom stereocenters. The van der Waals surface area contributed by atoms with Crippen molar-refractivity contribution in [1.29, 1.82) is 0 Å². The minimum absolute atomic E-state index is 0. The Morgan fingerprint density at radius 2 is 1.84 bits per heavy atom. The van der Waals surface area contributed by atoms with E-state index in [2.05, 4.69) is 26.1 Å². The molecule has 116 valence electrons. The highest BCUT2D eigenvalue weighted by atomic mass is 16.5. The maximum atomic E-state index is 11.4. The maximum Gasteiger partial charge on any atom is 0.245 e. The lowest BCUT2D eigenvalue weighted by molar-refractivity contribution is -0.126. The second kappa shape index (κ2) is 13.8. The number of hydrogen-bond acceptors (Lipinski definition) is 3. The minimum Gasteiger partial charge on any atom is -0.379 e. The van der Waals surface area contributed by atoms with Gasteiger partial charge < -0.3 is 14.8 Å². The Kier molecular flexibility index (Phi) is 13.4. The van der Waals surface area contributed by atoms with E-state index >= 15 is 0 Å². The third-order valence-corrected chi connectivity index (χ3v) is 2.78. The fourth-order valence-corrected chi connectivity index (χ4v) is 1.63. The Hall–Kier alpha value is -0.610. The Bertz CT molecular complexity index is 213. The molecule has 19 heavy (non-hydrogen) atoms. The first kappa shape index (κ1) is 18.4. The SMILES string of the molecule is CCCCCOCCOCC(=O)NCCCC(C)C.[HH]. The van der Waals surface area contributed by atoms with Crippen LogP contribution in [0.25, 0.3) is 0 Å². The molecule has 4 heteroatoms. The summed E-state index contributed by atoms with van der Waals surface area (Å²) in [5.74, 6) is 0.660. The van der Waals surface area contributed by atoms with Gasteiger partial charge in [-0.2, -0.15) is 0 Å². The molecular formula is C15H33NO3. The third kappa shape index (κ3) is 15.3. The van der Waals surface area contributed by atoms with Gasteiger partial charge in [0.1, 0.15) is 6.61 Å². The first-order valence-corrected chi connectivity index (χ1v) is 7.59. The van der Waals surface area contributed by atoms with E-state index in [1.807, 2.05) is 0 Å². The van der Waals surface area contributed by atoms with Crippen LogP contribution in [0, 0.1) is 5.92 Å². The van der Waals surface area contributed by atoms with Gasteiger partial charge in [0.25, 0.3) is 0 Å². The molecule has 0 aliphatic rings. The molecule has 0 radical (unpaired) electrons. The summed E-state index contributed by atoms with van der Waals surface area (Å²) in [6.45, 7) is 9.28. The molecular weight excluding hydrogens is 242 g/mol. The fourth-order valence-electron chi connectivity index (χ4n) is 1.63. The molecule has 0 spiro atoms. The Labute approximate surface area is 119 Å². The van der Waals surface area contributed by atoms with Crippen LogP contribution in [-0.4, -0.2) is 38.9 Å². The largest absolute Gasteiger partial charge is 0.379 e. The van der Waals surface area contributed by atoms with Crippen molar-refractivity contribution < 1.29 is 15.7 Å². The van der Waals surface area contributed by atoms with Crippen LogP contribution in [0.3, 0.4) is 0 Å². The summed E-state index contributed by atoms with van der Waals surface area (Å²) in [5, 5.41) is 2.85. The van der Waals surface area contributed by atoms with E-state index in [0.29, 0.717) is 19.1 Å². The van der Waals surface area contributed by atoms with Crippen molar-refractivity contribution in [3.8, 4) is 0 Å². The van der Waals surface area contributed by atoms with Crippen LogP contribution in [0.1, 0.15) is 54.3 Å². The van der Waals surface area contributed by atoms with Crippen molar-refractivity contribution in [2.45, 2.75) is 52.9 Å². The summed E-state index contributed by atoms with van der Waals surface area (Å²) in [5.41, 5.74) is 0. The first-order valence-electron chi connectivity index (χ1n) is 7.59. The average molecular weight is 275 g/mol. The predicted octanol–water partition coefficient (Wildman–Crippen LogP) is 3.01. The van der Waals surface area contributed by atoms with Crippen LogP contribution in [0.5, 0.6) is 0 Å². The molecule has 0 aliphatic heterocycles. The predicted molar refractivity (Wildman–Crippen MR) is 80.4 cm³/mol. The number of rotatable bonds is 13. The van der Waals surface area contributed by atoms with Crippen LogP contribution >= 0.6 is 0 Å². The highest BCUT2D eigenvalue weighted by Crippen LogP contribution is 2.01. The number of hydrogen-bond donors (Lipinski definition) is 1. The molecule has 0 bridgehead atoms. The molecule has 4 nitrogen and oxygen atoms in total. The molecule has 0 unspecified atom stereocenters. The lowest BCUT2D eigenvalue weighted by Crippen LogP contribution is -2.29. The zero-order valence-electron chi connectivity index (χ0n) is 12.9. The Morgan fingerprint density at radius 3 is 2.53 bits per heavy atom. The molecule has 0 aromatic heterocycles. The van der Waals surface area contributed by atoms with E-state index in [4.69, 9.17) is 9.47 Å². The summed E-state index contributed by atoms with van der Waals surface area (Å²) in [7, 11) is 0. The molecule has 0 aromatic rings. The number of unbranched alkanes of at least 4 members (excludes halogenated alkanes) is 2. The van der Waals surface area contributed by atoms with Crippen molar-refractivity contribution in [3.63, 3.8) is 0 Å². The fraction of sp³-hybridized carbons (Fsp3) is 0.933. The van der Waals surface area contributed by atoms with E-state index in [-0.39, 0.29) is 13.9 Å². The summed E-state index contributed by atoms with van der Waals surface area (Å²) < 4.78 is 10.6. The van der Waals surface area contributed by atoms with Crippen molar-refractivity contribution in [2.24, 2.45) is 5.92 Å². The molecule has 0 saturated carbocycles. The zero-order chi connectivity index (χ0) is 14.3. The van der Waals surface area contributed by atoms with Crippen molar-refractivity contribution in [2.75, 3.05) is 33.0 Å². The normalized spacial score (nSPS) is 10.9. The van der Waals surface area contributed by atoms with Gasteiger partial charge >= 0.3 is 0 Å². The minimum atomic E-state index is -0.0326. The third-order valence-electron chi connectivity index (χ3n) is 2.78. The average Bonchev–Trinajstić information content (AvgIpc) is 2.37.